The molecule has 0 saturated heterocycles. The smallest absolute Gasteiger partial charge is 0.172 e. The number of hydrogen-bond donors (Lipinski definition) is 2. The average molecular weight is 256 g/mol. The van der Waals surface area contributed by atoms with E-state index in [4.69, 9.17) is 4.74 Å². The van der Waals surface area contributed by atoms with Crippen LogP contribution in [-0.2, 0) is 0 Å². The number of rotatable bonds is 1. The highest BCUT2D eigenvalue weighted by Crippen LogP contribution is 2.42. The fourth-order valence-corrected chi connectivity index (χ4v) is 2.25. The summed E-state index contributed by atoms with van der Waals surface area (Å²) < 4.78 is 5.69. The molecule has 1 heterocycles. The van der Waals surface area contributed by atoms with Crippen molar-refractivity contribution in [3.63, 3.8) is 0 Å². The molecule has 1 aliphatic rings. The molecular weight excluding hydrogens is 244 g/mol. The molecule has 96 valence electrons. The fraction of sp³-hybridized carbons (Fsp3) is 0.133. The van der Waals surface area contributed by atoms with Crippen LogP contribution in [0.1, 0.15) is 28.4 Å². The van der Waals surface area contributed by atoms with Gasteiger partial charge >= 0.3 is 0 Å². The maximum atomic E-state index is 12.1. The van der Waals surface area contributed by atoms with Gasteiger partial charge in [-0.1, -0.05) is 30.3 Å². The molecule has 0 bridgehead atoms. The second kappa shape index (κ2) is 4.31. The zero-order valence-corrected chi connectivity index (χ0v) is 10.0. The van der Waals surface area contributed by atoms with Crippen molar-refractivity contribution in [2.24, 2.45) is 0 Å². The minimum Gasteiger partial charge on any atom is -0.508 e. The Labute approximate surface area is 109 Å². The minimum atomic E-state index is -0.406. The lowest BCUT2D eigenvalue weighted by atomic mass is 9.96. The third-order valence-electron chi connectivity index (χ3n) is 3.16. The highest BCUT2D eigenvalue weighted by Gasteiger charge is 2.30. The summed E-state index contributed by atoms with van der Waals surface area (Å²) in [5.41, 5.74) is 1.11. The summed E-state index contributed by atoms with van der Waals surface area (Å²) >= 11 is 0. The van der Waals surface area contributed by atoms with Crippen LogP contribution in [0.25, 0.3) is 0 Å². The van der Waals surface area contributed by atoms with Gasteiger partial charge in [0, 0.05) is 6.07 Å². The number of ether oxygens (including phenoxy) is 1. The quantitative estimate of drug-likeness (QED) is 0.823. The molecule has 2 N–H and O–H groups in total. The second-order valence-corrected chi connectivity index (χ2v) is 4.49. The van der Waals surface area contributed by atoms with Crippen molar-refractivity contribution in [1.29, 1.82) is 0 Å². The molecular formula is C15H12O4. The number of carbonyl (C=O) groups excluding carboxylic acids is 1. The number of aromatic hydroxyl groups is 2. The lowest BCUT2D eigenvalue weighted by Gasteiger charge is -2.26. The molecule has 1 atom stereocenters. The van der Waals surface area contributed by atoms with Gasteiger partial charge in [0.2, 0.25) is 0 Å². The van der Waals surface area contributed by atoms with E-state index < -0.39 is 6.10 Å². The van der Waals surface area contributed by atoms with Gasteiger partial charge in [-0.2, -0.15) is 0 Å². The van der Waals surface area contributed by atoms with Gasteiger partial charge in [-0.25, -0.2) is 0 Å². The van der Waals surface area contributed by atoms with Gasteiger partial charge < -0.3 is 14.9 Å². The van der Waals surface area contributed by atoms with Crippen LogP contribution in [0.2, 0.25) is 0 Å². The van der Waals surface area contributed by atoms with E-state index >= 15 is 0 Å². The Bertz CT molecular complexity index is 634. The van der Waals surface area contributed by atoms with Crippen LogP contribution in [0.3, 0.4) is 0 Å². The third-order valence-corrected chi connectivity index (χ3v) is 3.16. The monoisotopic (exact) mass is 256 g/mol. The van der Waals surface area contributed by atoms with Crippen molar-refractivity contribution in [3.8, 4) is 17.2 Å². The Morgan fingerprint density at radius 1 is 1.11 bits per heavy atom. The van der Waals surface area contributed by atoms with Crippen LogP contribution in [0.5, 0.6) is 17.2 Å². The van der Waals surface area contributed by atoms with Gasteiger partial charge in [0.1, 0.15) is 11.9 Å². The van der Waals surface area contributed by atoms with E-state index in [9.17, 15) is 15.0 Å². The average Bonchev–Trinajstić information content (AvgIpc) is 2.41. The Morgan fingerprint density at radius 2 is 1.84 bits per heavy atom. The number of Topliss-reactive ketones (excluding diaryl/α,β-unsaturated/α-hetero) is 1. The molecule has 0 fully saturated rings. The number of fused-ring (bicyclic) bond motifs is 1. The minimum absolute atomic E-state index is 0.142. The summed E-state index contributed by atoms with van der Waals surface area (Å²) in [5.74, 6) is -0.375. The Kier molecular flexibility index (Phi) is 2.63. The van der Waals surface area contributed by atoms with Crippen molar-refractivity contribution in [2.45, 2.75) is 12.5 Å². The van der Waals surface area contributed by atoms with Gasteiger partial charge in [0.05, 0.1) is 12.0 Å². The highest BCUT2D eigenvalue weighted by molar-refractivity contribution is 6.01. The molecule has 4 nitrogen and oxygen atoms in total. The second-order valence-electron chi connectivity index (χ2n) is 4.49. The first-order valence-electron chi connectivity index (χ1n) is 5.96. The molecule has 19 heavy (non-hydrogen) atoms. The molecule has 0 amide bonds. The summed E-state index contributed by atoms with van der Waals surface area (Å²) in [7, 11) is 0. The summed E-state index contributed by atoms with van der Waals surface area (Å²) in [6, 6.07) is 11.9. The number of ketones is 1. The summed E-state index contributed by atoms with van der Waals surface area (Å²) in [4.78, 5) is 12.1. The summed E-state index contributed by atoms with van der Waals surface area (Å²) in [6.07, 6.45) is -0.212. The molecule has 1 aliphatic heterocycles. The van der Waals surface area contributed by atoms with Gasteiger partial charge in [0.25, 0.3) is 0 Å². The first kappa shape index (κ1) is 11.6. The number of benzene rings is 2. The lowest BCUT2D eigenvalue weighted by Crippen LogP contribution is -2.20. The van der Waals surface area contributed by atoms with Crippen molar-refractivity contribution >= 4 is 5.78 Å². The maximum Gasteiger partial charge on any atom is 0.172 e. The van der Waals surface area contributed by atoms with Crippen LogP contribution < -0.4 is 4.74 Å². The van der Waals surface area contributed by atoms with Gasteiger partial charge in [0.15, 0.2) is 17.3 Å². The van der Waals surface area contributed by atoms with E-state index in [-0.39, 0.29) is 35.0 Å². The Morgan fingerprint density at radius 3 is 2.58 bits per heavy atom. The third kappa shape index (κ3) is 2.01. The van der Waals surface area contributed by atoms with E-state index in [1.165, 1.54) is 12.1 Å². The van der Waals surface area contributed by atoms with Crippen molar-refractivity contribution in [3.05, 3.63) is 53.6 Å². The summed E-state index contributed by atoms with van der Waals surface area (Å²) in [6.45, 7) is 0. The Balaban J connectivity index is 2.03. The van der Waals surface area contributed by atoms with Gasteiger partial charge in [-0.3, -0.25) is 4.79 Å². The first-order valence-corrected chi connectivity index (χ1v) is 5.96. The molecule has 0 spiro atoms. The fourth-order valence-electron chi connectivity index (χ4n) is 2.25. The molecule has 2 aromatic rings. The highest BCUT2D eigenvalue weighted by atomic mass is 16.5. The SMILES string of the molecule is O=C1C[C@H](c2ccccc2)Oc2c(O)cc(O)cc21. The standard InChI is InChI=1S/C15H12O4/c16-10-6-11-12(17)8-14(9-4-2-1-3-5-9)19-15(11)13(18)7-10/h1-7,14,16,18H,8H2/t14-/m1/s1. The largest absolute Gasteiger partial charge is 0.508 e. The van der Waals surface area contributed by atoms with Crippen molar-refractivity contribution < 1.29 is 19.7 Å². The Hall–Kier alpha value is -2.49. The van der Waals surface area contributed by atoms with Crippen molar-refractivity contribution in [1.82, 2.24) is 0 Å². The molecule has 0 unspecified atom stereocenters. The van der Waals surface area contributed by atoms with E-state index in [0.717, 1.165) is 5.56 Å². The van der Waals surface area contributed by atoms with E-state index in [2.05, 4.69) is 0 Å². The lowest BCUT2D eigenvalue weighted by molar-refractivity contribution is 0.0841. The maximum absolute atomic E-state index is 12.1. The molecule has 2 aromatic carbocycles. The molecule has 0 aromatic heterocycles. The van der Waals surface area contributed by atoms with E-state index in [0.29, 0.717) is 0 Å². The van der Waals surface area contributed by atoms with Crippen molar-refractivity contribution in [2.75, 3.05) is 0 Å². The number of hydrogen-bond acceptors (Lipinski definition) is 4. The number of phenolic OH excluding ortho intramolecular Hbond substituents is 2. The topological polar surface area (TPSA) is 66.8 Å². The van der Waals surface area contributed by atoms with Gasteiger partial charge in [-0.15, -0.1) is 0 Å². The number of carbonyl (C=O) groups is 1. The van der Waals surface area contributed by atoms with Crippen LogP contribution >= 0.6 is 0 Å². The molecule has 0 aliphatic carbocycles. The zero-order chi connectivity index (χ0) is 13.4. The normalized spacial score (nSPS) is 17.7. The van der Waals surface area contributed by atoms with Crippen LogP contribution in [0.4, 0.5) is 0 Å². The van der Waals surface area contributed by atoms with Crippen LogP contribution in [-0.4, -0.2) is 16.0 Å². The number of phenols is 2. The predicted octanol–water partition coefficient (Wildman–Crippen LogP) is 2.80. The molecule has 4 heteroatoms. The predicted molar refractivity (Wildman–Crippen MR) is 68.5 cm³/mol. The summed E-state index contributed by atoms with van der Waals surface area (Å²) in [5, 5.41) is 19.2. The van der Waals surface area contributed by atoms with Gasteiger partial charge in [-0.05, 0) is 11.6 Å². The molecule has 0 radical (unpaired) electrons. The van der Waals surface area contributed by atoms with Crippen LogP contribution in [0.15, 0.2) is 42.5 Å². The van der Waals surface area contributed by atoms with E-state index in [1.807, 2.05) is 30.3 Å². The molecule has 3 rings (SSSR count). The molecule has 0 saturated carbocycles. The first-order chi connectivity index (χ1) is 9.15. The van der Waals surface area contributed by atoms with E-state index in [1.54, 1.807) is 0 Å². The zero-order valence-electron chi connectivity index (χ0n) is 10.0. The van der Waals surface area contributed by atoms with Crippen LogP contribution in [0, 0.1) is 0 Å².